The van der Waals surface area contributed by atoms with Crippen LogP contribution in [0.5, 0.6) is 0 Å². The van der Waals surface area contributed by atoms with Gasteiger partial charge in [0, 0.05) is 4.47 Å². The smallest absolute Gasteiger partial charge is 0.248 e. The Hall–Kier alpha value is -2.47. The highest BCUT2D eigenvalue weighted by molar-refractivity contribution is 9.10. The van der Waals surface area contributed by atoms with Gasteiger partial charge < -0.3 is 0 Å². The third kappa shape index (κ3) is 4.50. The van der Waals surface area contributed by atoms with Crippen molar-refractivity contribution < 1.29 is 4.79 Å². The van der Waals surface area contributed by atoms with Crippen molar-refractivity contribution in [3.05, 3.63) is 76.5 Å². The van der Waals surface area contributed by atoms with Crippen molar-refractivity contribution in [3.8, 4) is 0 Å². The minimum Gasteiger partial charge on any atom is -0.293 e. The normalized spacial score (nSPS) is 10.5. The molecular weight excluding hydrogens is 356 g/mol. The van der Waals surface area contributed by atoms with E-state index in [0.29, 0.717) is 18.9 Å². The number of rotatable bonds is 5. The molecule has 0 aliphatic rings. The molecule has 3 aromatic rings. The molecule has 5 nitrogen and oxygen atoms in total. The average Bonchev–Trinajstić information content (AvgIpc) is 2.97. The Kier molecular flexibility index (Phi) is 4.83. The number of aromatic nitrogens is 3. The first-order chi connectivity index (χ1) is 11.2. The molecule has 1 heterocycles. The second-order valence-electron chi connectivity index (χ2n) is 5.10. The van der Waals surface area contributed by atoms with Crippen molar-refractivity contribution in [2.45, 2.75) is 13.0 Å². The standard InChI is InChI=1S/C17H15BrN4O/c18-15-8-6-13(7-9-15)10-16(23)20-17-19-12-22(21-17)11-14-4-2-1-3-5-14/h1-9,12H,10-11H2,(H,20,21,23). The van der Waals surface area contributed by atoms with Crippen molar-refractivity contribution in [2.75, 3.05) is 5.32 Å². The number of benzene rings is 2. The van der Waals surface area contributed by atoms with Gasteiger partial charge in [0.1, 0.15) is 6.33 Å². The minimum absolute atomic E-state index is 0.134. The molecule has 23 heavy (non-hydrogen) atoms. The van der Waals surface area contributed by atoms with Crippen LogP contribution in [0.25, 0.3) is 0 Å². The first-order valence-corrected chi connectivity index (χ1v) is 7.96. The van der Waals surface area contributed by atoms with Crippen molar-refractivity contribution in [3.63, 3.8) is 0 Å². The Balaban J connectivity index is 1.58. The first kappa shape index (κ1) is 15.4. The Morgan fingerprint density at radius 2 is 1.78 bits per heavy atom. The van der Waals surface area contributed by atoms with Gasteiger partial charge in [-0.1, -0.05) is 58.4 Å². The molecule has 0 atom stereocenters. The number of amides is 1. The Bertz CT molecular complexity index is 784. The van der Waals surface area contributed by atoms with E-state index >= 15 is 0 Å². The minimum atomic E-state index is -0.134. The average molecular weight is 371 g/mol. The number of nitrogens with zero attached hydrogens (tertiary/aromatic N) is 3. The van der Waals surface area contributed by atoms with Crippen molar-refractivity contribution in [2.24, 2.45) is 0 Å². The van der Waals surface area contributed by atoms with Crippen molar-refractivity contribution >= 4 is 27.8 Å². The van der Waals surface area contributed by atoms with Crippen molar-refractivity contribution in [1.82, 2.24) is 14.8 Å². The van der Waals surface area contributed by atoms with Gasteiger partial charge in [-0.3, -0.25) is 10.1 Å². The van der Waals surface area contributed by atoms with E-state index in [1.807, 2.05) is 54.6 Å². The lowest BCUT2D eigenvalue weighted by atomic mass is 10.1. The van der Waals surface area contributed by atoms with Crippen LogP contribution in [-0.4, -0.2) is 20.7 Å². The molecule has 0 aliphatic carbocycles. The fourth-order valence-electron chi connectivity index (χ4n) is 2.16. The lowest BCUT2D eigenvalue weighted by Gasteiger charge is -2.02. The third-order valence-corrected chi connectivity index (χ3v) is 3.78. The summed E-state index contributed by atoms with van der Waals surface area (Å²) in [6.07, 6.45) is 1.91. The SMILES string of the molecule is O=C(Cc1ccc(Br)cc1)Nc1ncn(Cc2ccccc2)n1. The van der Waals surface area contributed by atoms with Crippen LogP contribution in [-0.2, 0) is 17.8 Å². The predicted molar refractivity (Wildman–Crippen MR) is 92.0 cm³/mol. The fourth-order valence-corrected chi connectivity index (χ4v) is 2.42. The topological polar surface area (TPSA) is 59.8 Å². The molecule has 0 radical (unpaired) electrons. The molecule has 0 saturated carbocycles. The van der Waals surface area contributed by atoms with Gasteiger partial charge in [0.25, 0.3) is 0 Å². The van der Waals surface area contributed by atoms with Crippen molar-refractivity contribution in [1.29, 1.82) is 0 Å². The van der Waals surface area contributed by atoms with E-state index in [1.165, 1.54) is 0 Å². The molecule has 6 heteroatoms. The maximum atomic E-state index is 12.0. The number of anilines is 1. The Morgan fingerprint density at radius 3 is 2.52 bits per heavy atom. The quantitative estimate of drug-likeness (QED) is 0.749. The molecular formula is C17H15BrN4O. The summed E-state index contributed by atoms with van der Waals surface area (Å²) in [4.78, 5) is 16.1. The predicted octanol–water partition coefficient (Wildman–Crippen LogP) is 3.27. The summed E-state index contributed by atoms with van der Waals surface area (Å²) in [5.41, 5.74) is 2.07. The summed E-state index contributed by atoms with van der Waals surface area (Å²) in [6.45, 7) is 0.621. The summed E-state index contributed by atoms with van der Waals surface area (Å²) in [6, 6.07) is 17.6. The zero-order chi connectivity index (χ0) is 16.1. The number of hydrogen-bond acceptors (Lipinski definition) is 3. The van der Waals surface area contributed by atoms with E-state index in [2.05, 4.69) is 31.3 Å². The molecule has 0 aliphatic heterocycles. The molecule has 1 N–H and O–H groups in total. The van der Waals surface area contributed by atoms with Gasteiger partial charge in [0.05, 0.1) is 13.0 Å². The molecule has 0 bridgehead atoms. The third-order valence-electron chi connectivity index (χ3n) is 3.25. The summed E-state index contributed by atoms with van der Waals surface area (Å²) in [5, 5.41) is 6.98. The zero-order valence-corrected chi connectivity index (χ0v) is 13.9. The van der Waals surface area contributed by atoms with Crippen LogP contribution in [0.4, 0.5) is 5.95 Å². The molecule has 3 rings (SSSR count). The van der Waals surface area contributed by atoms with Crippen LogP contribution in [0.15, 0.2) is 65.4 Å². The second kappa shape index (κ2) is 7.19. The zero-order valence-electron chi connectivity index (χ0n) is 12.3. The first-order valence-electron chi connectivity index (χ1n) is 7.17. The van der Waals surface area contributed by atoms with E-state index in [-0.39, 0.29) is 5.91 Å². The molecule has 116 valence electrons. The lowest BCUT2D eigenvalue weighted by molar-refractivity contribution is -0.115. The molecule has 0 fully saturated rings. The van der Waals surface area contributed by atoms with Gasteiger partial charge in [-0.15, -0.1) is 5.10 Å². The van der Waals surface area contributed by atoms with E-state index in [0.717, 1.165) is 15.6 Å². The monoisotopic (exact) mass is 370 g/mol. The van der Waals surface area contributed by atoms with Crippen LogP contribution < -0.4 is 5.32 Å². The number of hydrogen-bond donors (Lipinski definition) is 1. The second-order valence-corrected chi connectivity index (χ2v) is 6.02. The Morgan fingerprint density at radius 1 is 1.04 bits per heavy atom. The number of carbonyl (C=O) groups excluding carboxylic acids is 1. The number of halogens is 1. The van der Waals surface area contributed by atoms with E-state index in [4.69, 9.17) is 0 Å². The maximum absolute atomic E-state index is 12.0. The van der Waals surface area contributed by atoms with E-state index in [9.17, 15) is 4.79 Å². The highest BCUT2D eigenvalue weighted by Gasteiger charge is 2.08. The molecule has 0 saturated heterocycles. The maximum Gasteiger partial charge on any atom is 0.248 e. The van der Waals surface area contributed by atoms with Gasteiger partial charge >= 0.3 is 0 Å². The molecule has 1 amide bonds. The summed E-state index contributed by atoms with van der Waals surface area (Å²) < 4.78 is 2.69. The van der Waals surface area contributed by atoms with Gasteiger partial charge in [-0.2, -0.15) is 0 Å². The Labute approximate surface area is 142 Å². The van der Waals surface area contributed by atoms with Crippen LogP contribution in [0.2, 0.25) is 0 Å². The molecule has 0 spiro atoms. The molecule has 1 aromatic heterocycles. The van der Waals surface area contributed by atoms with Crippen LogP contribution in [0.3, 0.4) is 0 Å². The van der Waals surface area contributed by atoms with Gasteiger partial charge in [0.2, 0.25) is 11.9 Å². The van der Waals surface area contributed by atoms with Crippen LogP contribution in [0.1, 0.15) is 11.1 Å². The molecule has 2 aromatic carbocycles. The van der Waals surface area contributed by atoms with E-state index < -0.39 is 0 Å². The summed E-state index contributed by atoms with van der Waals surface area (Å²) in [5.74, 6) is 0.188. The number of carbonyl (C=O) groups is 1. The van der Waals surface area contributed by atoms with Crippen LogP contribution in [0, 0.1) is 0 Å². The van der Waals surface area contributed by atoms with Crippen LogP contribution >= 0.6 is 15.9 Å². The summed E-state index contributed by atoms with van der Waals surface area (Å²) >= 11 is 3.37. The van der Waals surface area contributed by atoms with Gasteiger partial charge in [0.15, 0.2) is 0 Å². The summed E-state index contributed by atoms with van der Waals surface area (Å²) in [7, 11) is 0. The number of nitrogens with one attached hydrogen (secondary N) is 1. The largest absolute Gasteiger partial charge is 0.293 e. The van der Waals surface area contributed by atoms with E-state index in [1.54, 1.807) is 11.0 Å². The highest BCUT2D eigenvalue weighted by atomic mass is 79.9. The van der Waals surface area contributed by atoms with Gasteiger partial charge in [-0.25, -0.2) is 9.67 Å². The molecule has 0 unspecified atom stereocenters. The van der Waals surface area contributed by atoms with Gasteiger partial charge in [-0.05, 0) is 23.3 Å². The fraction of sp³-hybridized carbons (Fsp3) is 0.118. The lowest BCUT2D eigenvalue weighted by Crippen LogP contribution is -2.15. The highest BCUT2D eigenvalue weighted by Crippen LogP contribution is 2.11.